The molecule has 25 rings (SSSR count). The van der Waals surface area contributed by atoms with Crippen LogP contribution in [0.3, 0.4) is 0 Å². The number of rotatable bonds is 8. The van der Waals surface area contributed by atoms with Gasteiger partial charge >= 0.3 is 0 Å². The maximum absolute atomic E-state index is 8.71. The highest BCUT2D eigenvalue weighted by atomic mass is 16.4. The molecule has 5 aliphatic rings. The highest BCUT2D eigenvalue weighted by molar-refractivity contribution is 6.15. The number of benzene rings is 8. The Kier molecular flexibility index (Phi) is 18.1. The number of furan rings is 5. The molecule has 656 valence electrons. The molecule has 0 unspecified atom stereocenters. The van der Waals surface area contributed by atoms with Crippen LogP contribution in [0.2, 0.25) is 0 Å². The van der Waals surface area contributed by atoms with Crippen molar-refractivity contribution < 1.29 is 34.4 Å². The maximum Gasteiger partial charge on any atom is 0.227 e. The monoisotopic (exact) mass is 1740 g/mol. The number of aromatic nitrogens is 7. The molecule has 5 atom stereocenters. The van der Waals surface area contributed by atoms with Gasteiger partial charge in [0.2, 0.25) is 28.6 Å². The number of anilines is 15. The second-order valence-corrected chi connectivity index (χ2v) is 34.7. The third kappa shape index (κ3) is 13.3. The Labute approximate surface area is 773 Å². The van der Waals surface area contributed by atoms with Gasteiger partial charge in [-0.25, -0.2) is 34.9 Å². The molecule has 0 amide bonds. The van der Waals surface area contributed by atoms with Crippen LogP contribution in [-0.2, 0) is 0 Å². The summed E-state index contributed by atoms with van der Waals surface area (Å²) < 4.78 is 105. The van der Waals surface area contributed by atoms with Crippen molar-refractivity contribution in [2.45, 2.75) is 160 Å². The highest BCUT2D eigenvalue weighted by Crippen LogP contribution is 2.55. The molecule has 131 heavy (non-hydrogen) atoms. The van der Waals surface area contributed by atoms with Crippen LogP contribution in [0.15, 0.2) is 284 Å². The van der Waals surface area contributed by atoms with E-state index in [0.717, 1.165) is 172 Å². The van der Waals surface area contributed by atoms with Gasteiger partial charge in [-0.05, 0) is 260 Å². The lowest BCUT2D eigenvalue weighted by atomic mass is 10.1. The molecular weight excluding hydrogens is 1630 g/mol. The molecular formula is C109H105N17O5. The molecule has 0 fully saturated rings. The second-order valence-electron chi connectivity index (χ2n) is 34.7. The molecule has 12 aromatic heterocycles. The lowest BCUT2D eigenvalue weighted by molar-refractivity contribution is 0.601. The molecule has 0 spiro atoms. The van der Waals surface area contributed by atoms with Crippen molar-refractivity contribution in [3.05, 3.63) is 290 Å². The SMILES string of the molecule is [2H]C(C)(C)N1c2ccccc2N(c2c(C)ccc3c2oc2ncccc23)[C@H]1C.[2H]C(C)(C)N1c2ccccc2N(c2c(C)ccc3c2oc2ncccc23)[C@H]1C.[2H]C(C)(C)N1c2cccnc2N(c2c(C)ccc3c2oc2ncccc23)[C@H]1C.[2H]C([2H])([2H])N1c2ccccc2N(c2c(C)ccc3c2oc2ncccc23)[C@H]1C.[2H]C([2H])([2H])N1c2cccnc2N(c2c(C)ccc3c2oc2ncccc23)[C@H]1C. The number of nitrogens with zero attached hydrogens (tertiary/aromatic N) is 17. The van der Waals surface area contributed by atoms with Gasteiger partial charge in [0.15, 0.2) is 39.6 Å². The molecule has 5 aliphatic heterocycles. The van der Waals surface area contributed by atoms with E-state index in [2.05, 4.69) is 184 Å². The predicted octanol–water partition coefficient (Wildman–Crippen LogP) is 27.2. The van der Waals surface area contributed by atoms with E-state index in [1.165, 1.54) is 9.80 Å². The van der Waals surface area contributed by atoms with E-state index in [9.17, 15) is 0 Å². The number of hydrogen-bond donors (Lipinski definition) is 0. The van der Waals surface area contributed by atoms with Crippen molar-refractivity contribution in [3.63, 3.8) is 0 Å². The van der Waals surface area contributed by atoms with Gasteiger partial charge in [-0.2, -0.15) is 0 Å². The zero-order valence-electron chi connectivity index (χ0n) is 84.9. The van der Waals surface area contributed by atoms with Gasteiger partial charge in [-0.1, -0.05) is 97.1 Å². The smallest absolute Gasteiger partial charge is 0.227 e. The first-order chi connectivity index (χ1) is 66.9. The van der Waals surface area contributed by atoms with Crippen molar-refractivity contribution in [1.29, 1.82) is 0 Å². The van der Waals surface area contributed by atoms with E-state index in [1.807, 2.05) is 208 Å². The quantitative estimate of drug-likeness (QED) is 0.140. The van der Waals surface area contributed by atoms with Crippen LogP contribution in [0.4, 0.5) is 85.6 Å². The van der Waals surface area contributed by atoms with E-state index in [0.29, 0.717) is 51.3 Å². The average molecular weight is 1740 g/mol. The van der Waals surface area contributed by atoms with Crippen molar-refractivity contribution in [2.75, 3.05) is 63.0 Å². The Balaban J connectivity index is 0.000000104. The molecule has 0 bridgehead atoms. The van der Waals surface area contributed by atoms with E-state index in [-0.39, 0.29) is 18.5 Å². The van der Waals surface area contributed by atoms with Gasteiger partial charge in [0.25, 0.3) is 0 Å². The lowest BCUT2D eigenvalue weighted by Crippen LogP contribution is -2.42. The fourth-order valence-electron chi connectivity index (χ4n) is 20.3. The van der Waals surface area contributed by atoms with Gasteiger partial charge in [0.05, 0.1) is 78.0 Å². The maximum atomic E-state index is 8.71. The standard InChI is InChI=1S/2C23H23N3O.C22H22N4O.C21H19N3O.C20H18N4O/c2*1-14(2)25-16(4)26(20-10-6-5-9-19(20)25)21-15(3)11-12-17-18-8-7-13-24-23(18)27-22(17)21;1-13(2)25-15(4)26(21-18(25)8-6-11-23-21)19-14(3)9-10-16-17-7-5-12-24-22(17)27-20(16)19;1-13-10-11-15-16-7-6-12-22-21(16)25-20(15)19(13)24-14(2)23(3)17-8-4-5-9-18(17)24;1-12-8-9-14-15-6-4-11-22-20(15)25-18(14)17(12)24-13(2)23(3)16-7-5-10-21-19(16)24/h2*5-14,16H,1-4H3;5-13,15H,1-4H3;4-12,14H,1-3H3;4-11,13H,1-3H3/t2*16-;15-;14-;13-/m00000/s1/i2*14D;13D;2*3D3. The van der Waals surface area contributed by atoms with E-state index < -0.39 is 44.3 Å². The summed E-state index contributed by atoms with van der Waals surface area (Å²) in [5.41, 5.74) is 24.5. The first-order valence-electron chi connectivity index (χ1n) is 48.8. The van der Waals surface area contributed by atoms with E-state index >= 15 is 0 Å². The van der Waals surface area contributed by atoms with Crippen LogP contribution >= 0.6 is 0 Å². The van der Waals surface area contributed by atoms with E-state index in [1.54, 1.807) is 55.5 Å². The predicted molar refractivity (Wildman–Crippen MR) is 537 cm³/mol. The van der Waals surface area contributed by atoms with Crippen molar-refractivity contribution >= 4 is 196 Å². The molecule has 0 N–H and O–H groups in total. The second kappa shape index (κ2) is 32.5. The van der Waals surface area contributed by atoms with Gasteiger partial charge in [0, 0.05) is 137 Å². The molecule has 0 saturated heterocycles. The molecule has 0 aliphatic carbocycles. The normalized spacial score (nSPS) is 18.2. The van der Waals surface area contributed by atoms with Crippen molar-refractivity contribution in [1.82, 2.24) is 34.9 Å². The summed E-state index contributed by atoms with van der Waals surface area (Å²) in [6, 6.07) is 69.9. The Morgan fingerprint density at radius 1 is 0.244 bits per heavy atom. The van der Waals surface area contributed by atoms with Crippen LogP contribution in [-0.4, -0.2) is 97.7 Å². The largest absolute Gasteiger partial charge is 0.435 e. The van der Waals surface area contributed by atoms with Crippen LogP contribution in [0, 0.1) is 34.6 Å². The zero-order valence-corrected chi connectivity index (χ0v) is 75.9. The van der Waals surface area contributed by atoms with Crippen molar-refractivity contribution in [2.24, 2.45) is 0 Å². The van der Waals surface area contributed by atoms with Gasteiger partial charge in [-0.3, -0.25) is 0 Å². The summed E-state index contributed by atoms with van der Waals surface area (Å²) in [6.45, 7) is 27.5. The summed E-state index contributed by atoms with van der Waals surface area (Å²) in [5.74, 6) is 1.45. The lowest BCUT2D eigenvalue weighted by Gasteiger charge is -2.33. The molecule has 20 aromatic rings. The topological polar surface area (TPSA) is 188 Å². The summed E-state index contributed by atoms with van der Waals surface area (Å²) in [7, 11) is 0. The number of pyridine rings is 7. The van der Waals surface area contributed by atoms with Gasteiger partial charge < -0.3 is 71.1 Å². The number of aryl methyl sites for hydroxylation is 5. The minimum absolute atomic E-state index is 0.0182. The highest BCUT2D eigenvalue weighted by Gasteiger charge is 2.43. The number of hydrogen-bond acceptors (Lipinski definition) is 22. The Morgan fingerprint density at radius 2 is 0.473 bits per heavy atom. The molecule has 0 saturated carbocycles. The van der Waals surface area contributed by atoms with Crippen LogP contribution in [0.5, 0.6) is 0 Å². The van der Waals surface area contributed by atoms with E-state index in [4.69, 9.17) is 34.4 Å². The molecule has 22 heteroatoms. The Morgan fingerprint density at radius 3 is 0.802 bits per heavy atom. The average Bonchev–Trinajstić information content (AvgIpc) is 1.59. The molecule has 17 heterocycles. The summed E-state index contributed by atoms with van der Waals surface area (Å²) in [4.78, 5) is 51.2. The Bertz CT molecular complexity index is 7170. The zero-order chi connectivity index (χ0) is 98.1. The first-order valence-corrected chi connectivity index (χ1v) is 44.3. The summed E-state index contributed by atoms with van der Waals surface area (Å²) in [6.07, 6.45) is 11.2. The van der Waals surface area contributed by atoms with Crippen LogP contribution < -0.4 is 49.0 Å². The number of fused-ring (bicyclic) bond motifs is 20. The van der Waals surface area contributed by atoms with Crippen molar-refractivity contribution in [3.8, 4) is 0 Å². The van der Waals surface area contributed by atoms with Crippen LogP contribution in [0.1, 0.15) is 116 Å². The minimum Gasteiger partial charge on any atom is -0.435 e. The number of para-hydroxylation sites is 6. The van der Waals surface area contributed by atoms with Gasteiger partial charge in [0.1, 0.15) is 30.8 Å². The summed E-state index contributed by atoms with van der Waals surface area (Å²) >= 11 is 0. The fourth-order valence-corrected chi connectivity index (χ4v) is 20.3. The minimum atomic E-state index is -2.29. The van der Waals surface area contributed by atoms with Gasteiger partial charge in [-0.15, -0.1) is 0 Å². The third-order valence-electron chi connectivity index (χ3n) is 26.1. The summed E-state index contributed by atoms with van der Waals surface area (Å²) in [5, 5.41) is 10.0. The molecule has 0 radical (unpaired) electrons. The molecule has 22 nitrogen and oxygen atoms in total. The Hall–Kier alpha value is -15.2. The fraction of sp³-hybridized carbons (Fsp3) is 0.239. The first kappa shape index (κ1) is 72.8. The van der Waals surface area contributed by atoms with Crippen LogP contribution in [0.25, 0.3) is 110 Å². The third-order valence-corrected chi connectivity index (χ3v) is 26.1. The molecule has 8 aromatic carbocycles.